The van der Waals surface area contributed by atoms with E-state index in [4.69, 9.17) is 9.29 Å². The summed E-state index contributed by atoms with van der Waals surface area (Å²) in [7, 11) is -3.76. The fourth-order valence-electron chi connectivity index (χ4n) is 1.62. The highest BCUT2D eigenvalue weighted by atomic mass is 32.2. The van der Waals surface area contributed by atoms with Gasteiger partial charge in [0.05, 0.1) is 19.0 Å². The number of unbranched alkanes of at least 4 members (excludes halogenated alkanes) is 2. The van der Waals surface area contributed by atoms with E-state index in [2.05, 4.69) is 4.90 Å². The van der Waals surface area contributed by atoms with Crippen LogP contribution in [0.5, 0.6) is 0 Å². The molecule has 0 bridgehead atoms. The predicted octanol–water partition coefficient (Wildman–Crippen LogP) is 0.377. The molecule has 0 saturated carbocycles. The Bertz CT molecular complexity index is 259. The Labute approximate surface area is 91.2 Å². The van der Waals surface area contributed by atoms with Crippen molar-refractivity contribution in [3.63, 3.8) is 0 Å². The lowest BCUT2D eigenvalue weighted by atomic mass is 10.2. The standard InChI is InChI=1S/C9H19NO4S/c11-15(12,13)9-3-1-2-4-10-5-7-14-8-6-10/h1-9H2,(H,11,12,13). The maximum atomic E-state index is 10.4. The van der Waals surface area contributed by atoms with E-state index < -0.39 is 10.1 Å². The maximum absolute atomic E-state index is 10.4. The smallest absolute Gasteiger partial charge is 0.264 e. The van der Waals surface area contributed by atoms with Crippen molar-refractivity contribution in [2.24, 2.45) is 0 Å². The van der Waals surface area contributed by atoms with E-state index >= 15 is 0 Å². The summed E-state index contributed by atoms with van der Waals surface area (Å²) in [5.41, 5.74) is 0. The molecule has 5 nitrogen and oxygen atoms in total. The lowest BCUT2D eigenvalue weighted by Gasteiger charge is -2.26. The molecule has 1 saturated heterocycles. The van der Waals surface area contributed by atoms with Gasteiger partial charge in [0, 0.05) is 13.1 Å². The summed E-state index contributed by atoms with van der Waals surface area (Å²) in [6.07, 6.45) is 2.37. The molecule has 0 aromatic heterocycles. The van der Waals surface area contributed by atoms with Gasteiger partial charge in [-0.1, -0.05) is 6.42 Å². The second kappa shape index (κ2) is 6.42. The fraction of sp³-hybridized carbons (Fsp3) is 1.00. The van der Waals surface area contributed by atoms with E-state index in [9.17, 15) is 8.42 Å². The molecular weight excluding hydrogens is 218 g/mol. The lowest BCUT2D eigenvalue weighted by Crippen LogP contribution is -2.36. The van der Waals surface area contributed by atoms with Crippen LogP contribution in [0.3, 0.4) is 0 Å². The lowest BCUT2D eigenvalue weighted by molar-refractivity contribution is 0.0372. The van der Waals surface area contributed by atoms with Crippen molar-refractivity contribution in [1.29, 1.82) is 0 Å². The van der Waals surface area contributed by atoms with Crippen LogP contribution >= 0.6 is 0 Å². The largest absolute Gasteiger partial charge is 0.379 e. The Kier molecular flexibility index (Phi) is 5.52. The minimum atomic E-state index is -3.76. The molecule has 6 heteroatoms. The van der Waals surface area contributed by atoms with Crippen LogP contribution in [0.2, 0.25) is 0 Å². The van der Waals surface area contributed by atoms with Crippen LogP contribution in [0.25, 0.3) is 0 Å². The molecule has 0 unspecified atom stereocenters. The first kappa shape index (κ1) is 12.9. The summed E-state index contributed by atoms with van der Waals surface area (Å²) in [6, 6.07) is 0. The zero-order valence-electron chi connectivity index (χ0n) is 8.89. The minimum absolute atomic E-state index is 0.115. The number of hydrogen-bond acceptors (Lipinski definition) is 4. The number of ether oxygens (including phenoxy) is 1. The molecule has 1 aliphatic rings. The van der Waals surface area contributed by atoms with Crippen molar-refractivity contribution in [3.8, 4) is 0 Å². The first-order valence-corrected chi connectivity index (χ1v) is 6.94. The van der Waals surface area contributed by atoms with Crippen molar-refractivity contribution < 1.29 is 17.7 Å². The highest BCUT2D eigenvalue weighted by Gasteiger charge is 2.09. The number of morpholine rings is 1. The van der Waals surface area contributed by atoms with Crippen LogP contribution in [0.1, 0.15) is 19.3 Å². The minimum Gasteiger partial charge on any atom is -0.379 e. The van der Waals surface area contributed by atoms with Gasteiger partial charge in [0.25, 0.3) is 10.1 Å². The molecule has 0 spiro atoms. The molecule has 1 fully saturated rings. The van der Waals surface area contributed by atoms with Crippen molar-refractivity contribution in [2.45, 2.75) is 19.3 Å². The molecular formula is C9H19NO4S. The van der Waals surface area contributed by atoms with Gasteiger partial charge in [-0.25, -0.2) is 0 Å². The van der Waals surface area contributed by atoms with Crippen molar-refractivity contribution in [3.05, 3.63) is 0 Å². The molecule has 0 amide bonds. The maximum Gasteiger partial charge on any atom is 0.264 e. The monoisotopic (exact) mass is 237 g/mol. The molecule has 90 valence electrons. The quantitative estimate of drug-likeness (QED) is 0.534. The second-order valence-corrected chi connectivity index (χ2v) is 5.37. The van der Waals surface area contributed by atoms with Gasteiger partial charge < -0.3 is 4.74 Å². The molecule has 0 aromatic rings. The van der Waals surface area contributed by atoms with Gasteiger partial charge in [0.2, 0.25) is 0 Å². The number of hydrogen-bond donors (Lipinski definition) is 1. The Morgan fingerprint density at radius 2 is 1.80 bits per heavy atom. The highest BCUT2D eigenvalue weighted by molar-refractivity contribution is 7.85. The molecule has 1 N–H and O–H groups in total. The van der Waals surface area contributed by atoms with E-state index in [0.717, 1.165) is 45.7 Å². The van der Waals surface area contributed by atoms with Crippen LogP contribution in [-0.4, -0.2) is 56.5 Å². The van der Waals surface area contributed by atoms with Gasteiger partial charge >= 0.3 is 0 Å². The molecule has 0 radical (unpaired) electrons. The van der Waals surface area contributed by atoms with E-state index in [0.29, 0.717) is 6.42 Å². The van der Waals surface area contributed by atoms with Gasteiger partial charge in [-0.3, -0.25) is 9.45 Å². The van der Waals surface area contributed by atoms with E-state index in [1.54, 1.807) is 0 Å². The van der Waals surface area contributed by atoms with Gasteiger partial charge in [0.15, 0.2) is 0 Å². The Morgan fingerprint density at radius 1 is 1.13 bits per heavy atom. The topological polar surface area (TPSA) is 66.8 Å². The Hall–Kier alpha value is -0.170. The van der Waals surface area contributed by atoms with Gasteiger partial charge in [-0.15, -0.1) is 0 Å². The van der Waals surface area contributed by atoms with Crippen molar-refractivity contribution >= 4 is 10.1 Å². The zero-order chi connectivity index (χ0) is 11.1. The zero-order valence-corrected chi connectivity index (χ0v) is 9.71. The highest BCUT2D eigenvalue weighted by Crippen LogP contribution is 2.03. The summed E-state index contributed by atoms with van der Waals surface area (Å²) in [4.78, 5) is 2.32. The summed E-state index contributed by atoms with van der Waals surface area (Å²) < 4.78 is 34.6. The Balaban J connectivity index is 1.96. The Morgan fingerprint density at radius 3 is 2.40 bits per heavy atom. The molecule has 0 atom stereocenters. The predicted molar refractivity (Wildman–Crippen MR) is 57.5 cm³/mol. The molecule has 15 heavy (non-hydrogen) atoms. The number of nitrogens with zero attached hydrogens (tertiary/aromatic N) is 1. The fourth-order valence-corrected chi connectivity index (χ4v) is 2.19. The van der Waals surface area contributed by atoms with Crippen LogP contribution in [0.4, 0.5) is 0 Å². The average Bonchev–Trinajstić information content (AvgIpc) is 2.17. The normalized spacial score (nSPS) is 19.3. The summed E-state index contributed by atoms with van der Waals surface area (Å²) in [5.74, 6) is -0.115. The third kappa shape index (κ3) is 6.83. The van der Waals surface area contributed by atoms with Gasteiger partial charge in [-0.05, 0) is 19.4 Å². The molecule has 1 heterocycles. The van der Waals surface area contributed by atoms with Crippen molar-refractivity contribution in [2.75, 3.05) is 38.6 Å². The average molecular weight is 237 g/mol. The van der Waals surface area contributed by atoms with Crippen LogP contribution in [-0.2, 0) is 14.9 Å². The number of rotatable bonds is 6. The third-order valence-electron chi connectivity index (χ3n) is 2.48. The second-order valence-electron chi connectivity index (χ2n) is 3.80. The van der Waals surface area contributed by atoms with Gasteiger partial charge in [0.1, 0.15) is 0 Å². The van der Waals surface area contributed by atoms with E-state index in [1.165, 1.54) is 0 Å². The molecule has 1 aliphatic heterocycles. The molecule has 0 aliphatic carbocycles. The van der Waals surface area contributed by atoms with Crippen LogP contribution in [0.15, 0.2) is 0 Å². The van der Waals surface area contributed by atoms with Gasteiger partial charge in [-0.2, -0.15) is 8.42 Å². The van der Waals surface area contributed by atoms with Crippen LogP contribution < -0.4 is 0 Å². The molecule has 1 rings (SSSR count). The summed E-state index contributed by atoms with van der Waals surface area (Å²) in [5, 5.41) is 0. The van der Waals surface area contributed by atoms with Crippen molar-refractivity contribution in [1.82, 2.24) is 4.90 Å². The SMILES string of the molecule is O=S(=O)(O)CCCCCN1CCOCC1. The van der Waals surface area contributed by atoms with E-state index in [-0.39, 0.29) is 5.75 Å². The van der Waals surface area contributed by atoms with E-state index in [1.807, 2.05) is 0 Å². The summed E-state index contributed by atoms with van der Waals surface area (Å²) in [6.45, 7) is 4.53. The molecule has 0 aromatic carbocycles. The third-order valence-corrected chi connectivity index (χ3v) is 3.28. The summed E-state index contributed by atoms with van der Waals surface area (Å²) >= 11 is 0. The first-order chi connectivity index (χ1) is 7.08. The van der Waals surface area contributed by atoms with Crippen LogP contribution in [0, 0.1) is 0 Å². The first-order valence-electron chi connectivity index (χ1n) is 5.33.